The number of fused-ring (bicyclic) bond motifs is 4. The van der Waals surface area contributed by atoms with E-state index < -0.39 is 5.97 Å². The molecule has 1 N–H and O–H groups in total. The number of carbonyl (C=O) groups is 1. The molecule has 1 aliphatic rings. The number of carbonyl (C=O) groups excluding carboxylic acids is 1. The molecule has 1 aliphatic heterocycles. The molecule has 1 saturated heterocycles. The standard InChI is InChI=1S/C31H29N9O4/c1-37-13-15-38(16-14-37)21-8-6-20(7-9-21)34-31-33-18-24-28(36-31)35-29-23-11-10-22(44-19-27(41)43-2)17-25(23)39(40(29)30(24)42)26-5-3-4-12-32-26/h3-12,17-18H,13-16,19H2,1-2H3,(H,33,34,36). The lowest BCUT2D eigenvalue weighted by atomic mass is 10.2. The van der Waals surface area contributed by atoms with Crippen molar-refractivity contribution in [1.29, 1.82) is 0 Å². The molecule has 2 aromatic carbocycles. The van der Waals surface area contributed by atoms with E-state index in [9.17, 15) is 9.59 Å². The predicted octanol–water partition coefficient (Wildman–Crippen LogP) is 3.02. The van der Waals surface area contributed by atoms with Gasteiger partial charge in [0.15, 0.2) is 23.7 Å². The molecular formula is C31H29N9O4. The van der Waals surface area contributed by atoms with E-state index in [2.05, 4.69) is 54.0 Å². The van der Waals surface area contributed by atoms with Gasteiger partial charge in [-0.1, -0.05) is 6.07 Å². The zero-order valence-electron chi connectivity index (χ0n) is 24.2. The number of ether oxygens (including phenoxy) is 2. The minimum absolute atomic E-state index is 0.251. The number of likely N-dealkylation sites (N-methyl/N-ethyl adjacent to an activating group) is 1. The molecule has 13 nitrogen and oxygen atoms in total. The van der Waals surface area contributed by atoms with Crippen molar-refractivity contribution in [2.24, 2.45) is 0 Å². The number of nitrogens with one attached hydrogen (secondary N) is 1. The highest BCUT2D eigenvalue weighted by Gasteiger charge is 2.20. The quantitative estimate of drug-likeness (QED) is 0.275. The number of hydrogen-bond acceptors (Lipinski definition) is 11. The van der Waals surface area contributed by atoms with Crippen LogP contribution in [-0.2, 0) is 9.53 Å². The highest BCUT2D eigenvalue weighted by atomic mass is 16.6. The van der Waals surface area contributed by atoms with Crippen LogP contribution in [0.5, 0.6) is 5.75 Å². The molecule has 0 radical (unpaired) electrons. The minimum Gasteiger partial charge on any atom is -0.482 e. The fourth-order valence-corrected chi connectivity index (χ4v) is 5.32. The van der Waals surface area contributed by atoms with E-state index in [1.54, 1.807) is 41.2 Å². The Morgan fingerprint density at radius 3 is 2.52 bits per heavy atom. The molecular weight excluding hydrogens is 562 g/mol. The van der Waals surface area contributed by atoms with E-state index in [4.69, 9.17) is 9.72 Å². The smallest absolute Gasteiger partial charge is 0.343 e. The molecule has 6 aromatic rings. The largest absolute Gasteiger partial charge is 0.482 e. The summed E-state index contributed by atoms with van der Waals surface area (Å²) in [7, 11) is 3.44. The number of anilines is 3. The lowest BCUT2D eigenvalue weighted by Gasteiger charge is -2.34. The topological polar surface area (TPSA) is 132 Å². The van der Waals surface area contributed by atoms with Gasteiger partial charge in [0.25, 0.3) is 5.56 Å². The van der Waals surface area contributed by atoms with Crippen molar-refractivity contribution in [3.8, 4) is 11.6 Å². The number of aromatic nitrogens is 6. The van der Waals surface area contributed by atoms with Crippen LogP contribution in [0.2, 0.25) is 0 Å². The summed E-state index contributed by atoms with van der Waals surface area (Å²) in [6.45, 7) is 3.81. The Morgan fingerprint density at radius 2 is 1.77 bits per heavy atom. The van der Waals surface area contributed by atoms with Crippen LogP contribution in [0.3, 0.4) is 0 Å². The lowest BCUT2D eigenvalue weighted by Crippen LogP contribution is -2.44. The number of rotatable bonds is 7. The fraction of sp³-hybridized carbons (Fsp3) is 0.226. The lowest BCUT2D eigenvalue weighted by molar-refractivity contribution is -0.142. The number of nitrogens with zero attached hydrogens (tertiary/aromatic N) is 8. The third-order valence-corrected chi connectivity index (χ3v) is 7.68. The summed E-state index contributed by atoms with van der Waals surface area (Å²) >= 11 is 0. The average Bonchev–Trinajstić information content (AvgIpc) is 3.38. The first-order valence-electron chi connectivity index (χ1n) is 14.1. The summed E-state index contributed by atoms with van der Waals surface area (Å²) in [5.74, 6) is 0.743. The van der Waals surface area contributed by atoms with E-state index in [1.165, 1.54) is 23.5 Å². The third-order valence-electron chi connectivity index (χ3n) is 7.68. The van der Waals surface area contributed by atoms with E-state index in [0.717, 1.165) is 31.9 Å². The minimum atomic E-state index is -0.506. The molecule has 5 heterocycles. The van der Waals surface area contributed by atoms with Crippen LogP contribution in [0.15, 0.2) is 77.9 Å². The highest BCUT2D eigenvalue weighted by molar-refractivity contribution is 5.96. The SMILES string of the molecule is COC(=O)COc1ccc2c(c1)n(-c1ccccn1)n1c(=O)c3cnc(Nc4ccc(N5CCN(C)CC5)cc4)nc3nc21. The molecule has 222 valence electrons. The summed E-state index contributed by atoms with van der Waals surface area (Å²) in [5.41, 5.74) is 2.90. The average molecular weight is 592 g/mol. The van der Waals surface area contributed by atoms with Crippen LogP contribution < -0.4 is 20.5 Å². The maximum Gasteiger partial charge on any atom is 0.343 e. The number of piperazine rings is 1. The molecule has 0 amide bonds. The van der Waals surface area contributed by atoms with Crippen LogP contribution in [0.4, 0.5) is 17.3 Å². The van der Waals surface area contributed by atoms with Crippen molar-refractivity contribution in [3.63, 3.8) is 0 Å². The van der Waals surface area contributed by atoms with Gasteiger partial charge >= 0.3 is 5.97 Å². The van der Waals surface area contributed by atoms with Crippen molar-refractivity contribution in [2.45, 2.75) is 0 Å². The molecule has 44 heavy (non-hydrogen) atoms. The monoisotopic (exact) mass is 591 g/mol. The number of pyridine rings is 1. The summed E-state index contributed by atoms with van der Waals surface area (Å²) < 4.78 is 13.4. The zero-order valence-corrected chi connectivity index (χ0v) is 24.2. The van der Waals surface area contributed by atoms with E-state index in [0.29, 0.717) is 34.1 Å². The van der Waals surface area contributed by atoms with Gasteiger partial charge in [-0.2, -0.15) is 9.50 Å². The summed E-state index contributed by atoms with van der Waals surface area (Å²) in [6, 6.07) is 18.8. The van der Waals surface area contributed by atoms with Crippen LogP contribution in [-0.4, -0.2) is 86.9 Å². The molecule has 0 saturated carbocycles. The van der Waals surface area contributed by atoms with E-state index >= 15 is 0 Å². The second-order valence-electron chi connectivity index (χ2n) is 10.5. The first kappa shape index (κ1) is 27.3. The molecule has 4 aromatic heterocycles. The molecule has 13 heteroatoms. The molecule has 0 bridgehead atoms. The van der Waals surface area contributed by atoms with Gasteiger partial charge in [-0.25, -0.2) is 24.4 Å². The molecule has 0 aliphatic carbocycles. The van der Waals surface area contributed by atoms with E-state index in [1.807, 2.05) is 18.2 Å². The van der Waals surface area contributed by atoms with Crippen LogP contribution >= 0.6 is 0 Å². The Hall–Kier alpha value is -5.56. The Bertz CT molecular complexity index is 2050. The van der Waals surface area contributed by atoms with Gasteiger partial charge in [-0.15, -0.1) is 0 Å². The summed E-state index contributed by atoms with van der Waals surface area (Å²) in [4.78, 5) is 48.6. The van der Waals surface area contributed by atoms with Crippen LogP contribution in [0.1, 0.15) is 0 Å². The van der Waals surface area contributed by atoms with Gasteiger partial charge in [0, 0.05) is 61.4 Å². The Kier molecular flexibility index (Phi) is 6.98. The second-order valence-corrected chi connectivity index (χ2v) is 10.5. The highest BCUT2D eigenvalue weighted by Crippen LogP contribution is 2.28. The van der Waals surface area contributed by atoms with Crippen LogP contribution in [0, 0.1) is 0 Å². The molecule has 0 unspecified atom stereocenters. The van der Waals surface area contributed by atoms with Crippen molar-refractivity contribution in [2.75, 3.05) is 57.2 Å². The first-order chi connectivity index (χ1) is 21.5. The van der Waals surface area contributed by atoms with Gasteiger partial charge in [0.1, 0.15) is 11.1 Å². The summed E-state index contributed by atoms with van der Waals surface area (Å²) in [6.07, 6.45) is 3.12. The van der Waals surface area contributed by atoms with Gasteiger partial charge in [-0.3, -0.25) is 4.79 Å². The predicted molar refractivity (Wildman–Crippen MR) is 166 cm³/mol. The van der Waals surface area contributed by atoms with Crippen LogP contribution in [0.25, 0.3) is 33.4 Å². The van der Waals surface area contributed by atoms with Gasteiger partial charge in [0.05, 0.1) is 12.6 Å². The van der Waals surface area contributed by atoms with Crippen molar-refractivity contribution in [1.82, 2.24) is 34.0 Å². The van der Waals surface area contributed by atoms with Crippen molar-refractivity contribution >= 4 is 50.9 Å². The maximum atomic E-state index is 13.9. The van der Waals surface area contributed by atoms with Gasteiger partial charge < -0.3 is 24.6 Å². The zero-order chi connectivity index (χ0) is 30.2. The molecule has 0 spiro atoms. The van der Waals surface area contributed by atoms with Crippen molar-refractivity contribution < 1.29 is 14.3 Å². The Labute approximate surface area is 251 Å². The van der Waals surface area contributed by atoms with Gasteiger partial charge in [0.2, 0.25) is 5.95 Å². The second kappa shape index (κ2) is 11.3. The molecule has 7 rings (SSSR count). The number of hydrogen-bond donors (Lipinski definition) is 1. The fourth-order valence-electron chi connectivity index (χ4n) is 5.32. The normalized spacial score (nSPS) is 13.9. The van der Waals surface area contributed by atoms with E-state index in [-0.39, 0.29) is 23.2 Å². The van der Waals surface area contributed by atoms with Crippen molar-refractivity contribution in [3.05, 3.63) is 83.4 Å². The van der Waals surface area contributed by atoms with Gasteiger partial charge in [-0.05, 0) is 55.6 Å². The number of methoxy groups -OCH3 is 1. The molecule has 0 atom stereocenters. The summed E-state index contributed by atoms with van der Waals surface area (Å²) in [5, 5.41) is 4.16. The Morgan fingerprint density at radius 1 is 0.955 bits per heavy atom. The number of esters is 1. The first-order valence-corrected chi connectivity index (χ1v) is 14.1. The number of benzene rings is 2. The third kappa shape index (κ3) is 5.02. The molecule has 1 fully saturated rings. The Balaban J connectivity index is 1.27. The maximum absolute atomic E-state index is 13.9.